The summed E-state index contributed by atoms with van der Waals surface area (Å²) in [5.41, 5.74) is 2.72. The maximum absolute atomic E-state index is 12.0. The summed E-state index contributed by atoms with van der Waals surface area (Å²) in [6, 6.07) is 8.54. The van der Waals surface area contributed by atoms with E-state index in [1.165, 1.54) is 29.0 Å². The smallest absolute Gasteiger partial charge is 0.263 e. The van der Waals surface area contributed by atoms with Crippen molar-refractivity contribution in [2.24, 2.45) is 0 Å². The van der Waals surface area contributed by atoms with E-state index < -0.39 is 0 Å². The lowest BCUT2D eigenvalue weighted by Gasteiger charge is -2.31. The van der Waals surface area contributed by atoms with E-state index in [1.54, 1.807) is 6.20 Å². The van der Waals surface area contributed by atoms with Crippen LogP contribution in [0.5, 0.6) is 0 Å². The highest BCUT2D eigenvalue weighted by molar-refractivity contribution is 7.13. The number of amides is 1. The molecule has 110 valence electrons. The van der Waals surface area contributed by atoms with E-state index in [1.807, 2.05) is 6.92 Å². The van der Waals surface area contributed by atoms with E-state index in [-0.39, 0.29) is 5.91 Å². The predicted molar refractivity (Wildman–Crippen MR) is 86.2 cm³/mol. The van der Waals surface area contributed by atoms with Crippen molar-refractivity contribution in [2.45, 2.75) is 19.8 Å². The molecule has 1 aromatic heterocycles. The standard InChI is InChI=1S/C16H19N3OS/c1-12-18-11-15(21-12)16(20)17-8-10-19-9-4-6-13-5-2-3-7-14(13)19/h2-3,5,7,11H,4,6,8-10H2,1H3,(H,17,20). The Balaban J connectivity index is 1.56. The molecule has 0 atom stereocenters. The van der Waals surface area contributed by atoms with Crippen molar-refractivity contribution >= 4 is 22.9 Å². The minimum Gasteiger partial charge on any atom is -0.370 e. The third kappa shape index (κ3) is 3.24. The first-order valence-corrected chi connectivity index (χ1v) is 8.09. The number of fused-ring (bicyclic) bond motifs is 1. The molecule has 0 unspecified atom stereocenters. The maximum Gasteiger partial charge on any atom is 0.263 e. The third-order valence-electron chi connectivity index (χ3n) is 3.72. The van der Waals surface area contributed by atoms with Gasteiger partial charge in [-0.15, -0.1) is 11.3 Å². The van der Waals surface area contributed by atoms with Crippen LogP contribution >= 0.6 is 11.3 Å². The van der Waals surface area contributed by atoms with Gasteiger partial charge in [0.2, 0.25) is 0 Å². The second-order valence-corrected chi connectivity index (χ2v) is 6.45. The molecule has 0 saturated heterocycles. The molecule has 0 aliphatic carbocycles. The summed E-state index contributed by atoms with van der Waals surface area (Å²) < 4.78 is 0. The fraction of sp³-hybridized carbons (Fsp3) is 0.375. The molecule has 4 nitrogen and oxygen atoms in total. The number of nitrogens with one attached hydrogen (secondary N) is 1. The molecule has 0 fully saturated rings. The van der Waals surface area contributed by atoms with Gasteiger partial charge in [-0.2, -0.15) is 0 Å². The van der Waals surface area contributed by atoms with Gasteiger partial charge in [-0.25, -0.2) is 4.98 Å². The average molecular weight is 301 g/mol. The highest BCUT2D eigenvalue weighted by Gasteiger charge is 2.16. The highest BCUT2D eigenvalue weighted by atomic mass is 32.1. The zero-order valence-corrected chi connectivity index (χ0v) is 12.9. The Morgan fingerprint density at radius 2 is 2.29 bits per heavy atom. The van der Waals surface area contributed by atoms with Gasteiger partial charge < -0.3 is 10.2 Å². The van der Waals surface area contributed by atoms with Crippen molar-refractivity contribution in [2.75, 3.05) is 24.5 Å². The van der Waals surface area contributed by atoms with Crippen molar-refractivity contribution in [3.05, 3.63) is 45.9 Å². The monoisotopic (exact) mass is 301 g/mol. The number of benzene rings is 1. The van der Waals surface area contributed by atoms with Gasteiger partial charge in [0.15, 0.2) is 0 Å². The number of anilines is 1. The normalized spacial score (nSPS) is 13.9. The maximum atomic E-state index is 12.0. The lowest BCUT2D eigenvalue weighted by atomic mass is 10.0. The van der Waals surface area contributed by atoms with Crippen LogP contribution in [0.4, 0.5) is 5.69 Å². The second kappa shape index (κ2) is 6.26. The van der Waals surface area contributed by atoms with Crippen LogP contribution < -0.4 is 10.2 Å². The van der Waals surface area contributed by atoms with Crippen molar-refractivity contribution in [1.82, 2.24) is 10.3 Å². The molecule has 0 spiro atoms. The summed E-state index contributed by atoms with van der Waals surface area (Å²) >= 11 is 1.43. The molecule has 1 aliphatic heterocycles. The molecule has 3 rings (SSSR count). The van der Waals surface area contributed by atoms with Crippen LogP contribution in [-0.4, -0.2) is 30.5 Å². The Morgan fingerprint density at radius 1 is 1.43 bits per heavy atom. The van der Waals surface area contributed by atoms with Gasteiger partial charge in [-0.05, 0) is 31.4 Å². The van der Waals surface area contributed by atoms with E-state index in [0.717, 1.165) is 24.5 Å². The first kappa shape index (κ1) is 14.1. The number of carbonyl (C=O) groups is 1. The van der Waals surface area contributed by atoms with Gasteiger partial charge in [-0.3, -0.25) is 4.79 Å². The van der Waals surface area contributed by atoms with Gasteiger partial charge >= 0.3 is 0 Å². The summed E-state index contributed by atoms with van der Waals surface area (Å²) in [7, 11) is 0. The molecule has 1 aromatic carbocycles. The molecule has 0 radical (unpaired) electrons. The van der Waals surface area contributed by atoms with Crippen molar-refractivity contribution in [3.8, 4) is 0 Å². The van der Waals surface area contributed by atoms with Crippen LogP contribution in [-0.2, 0) is 6.42 Å². The van der Waals surface area contributed by atoms with Crippen molar-refractivity contribution in [3.63, 3.8) is 0 Å². The minimum absolute atomic E-state index is 0.0223. The summed E-state index contributed by atoms with van der Waals surface area (Å²) in [6.07, 6.45) is 3.98. The number of thiazole rings is 1. The Kier molecular flexibility index (Phi) is 4.20. The number of aromatic nitrogens is 1. The first-order valence-electron chi connectivity index (χ1n) is 7.27. The van der Waals surface area contributed by atoms with Crippen molar-refractivity contribution < 1.29 is 4.79 Å². The van der Waals surface area contributed by atoms with Crippen LogP contribution in [0, 0.1) is 6.92 Å². The quantitative estimate of drug-likeness (QED) is 0.944. The molecule has 21 heavy (non-hydrogen) atoms. The lowest BCUT2D eigenvalue weighted by molar-refractivity contribution is 0.0958. The molecule has 2 aromatic rings. The van der Waals surface area contributed by atoms with E-state index >= 15 is 0 Å². The van der Waals surface area contributed by atoms with Crippen LogP contribution in [0.25, 0.3) is 0 Å². The fourth-order valence-electron chi connectivity index (χ4n) is 2.70. The Morgan fingerprint density at radius 3 is 3.10 bits per heavy atom. The summed E-state index contributed by atoms with van der Waals surface area (Å²) in [6.45, 7) is 4.48. The molecule has 1 N–H and O–H groups in total. The summed E-state index contributed by atoms with van der Waals surface area (Å²) in [5, 5.41) is 3.90. The topological polar surface area (TPSA) is 45.2 Å². The van der Waals surface area contributed by atoms with E-state index in [2.05, 4.69) is 39.5 Å². The Hall–Kier alpha value is -1.88. The number of aryl methyl sites for hydroxylation is 2. The van der Waals surface area contributed by atoms with Gasteiger partial charge in [0.05, 0.1) is 11.2 Å². The summed E-state index contributed by atoms with van der Waals surface area (Å²) in [4.78, 5) is 19.1. The van der Waals surface area contributed by atoms with Gasteiger partial charge in [0, 0.05) is 25.3 Å². The van der Waals surface area contributed by atoms with Crippen LogP contribution in [0.3, 0.4) is 0 Å². The third-order valence-corrected chi connectivity index (χ3v) is 4.63. The van der Waals surface area contributed by atoms with E-state index in [0.29, 0.717) is 11.4 Å². The average Bonchev–Trinajstić information content (AvgIpc) is 2.94. The van der Waals surface area contributed by atoms with Crippen LogP contribution in [0.2, 0.25) is 0 Å². The number of rotatable bonds is 4. The van der Waals surface area contributed by atoms with Crippen LogP contribution in [0.15, 0.2) is 30.5 Å². The minimum atomic E-state index is -0.0223. The summed E-state index contributed by atoms with van der Waals surface area (Å²) in [5.74, 6) is -0.0223. The molecule has 5 heteroatoms. The molecular weight excluding hydrogens is 282 g/mol. The van der Waals surface area contributed by atoms with E-state index in [9.17, 15) is 4.79 Å². The van der Waals surface area contributed by atoms with Gasteiger partial charge in [0.1, 0.15) is 4.88 Å². The van der Waals surface area contributed by atoms with Gasteiger partial charge in [-0.1, -0.05) is 18.2 Å². The second-order valence-electron chi connectivity index (χ2n) is 5.22. The number of carbonyl (C=O) groups excluding carboxylic acids is 1. The zero-order chi connectivity index (χ0) is 14.7. The van der Waals surface area contributed by atoms with E-state index in [4.69, 9.17) is 0 Å². The van der Waals surface area contributed by atoms with Crippen molar-refractivity contribution in [1.29, 1.82) is 0 Å². The highest BCUT2D eigenvalue weighted by Crippen LogP contribution is 2.26. The van der Waals surface area contributed by atoms with Gasteiger partial charge in [0.25, 0.3) is 5.91 Å². The molecule has 1 amide bonds. The molecular formula is C16H19N3OS. The zero-order valence-electron chi connectivity index (χ0n) is 12.1. The first-order chi connectivity index (χ1) is 10.2. The number of hydrogen-bond donors (Lipinski definition) is 1. The predicted octanol–water partition coefficient (Wildman–Crippen LogP) is 2.63. The fourth-order valence-corrected chi connectivity index (χ4v) is 3.40. The molecule has 0 saturated carbocycles. The number of nitrogens with zero attached hydrogens (tertiary/aromatic N) is 2. The molecule has 0 bridgehead atoms. The Bertz CT molecular complexity index is 638. The molecule has 1 aliphatic rings. The SMILES string of the molecule is Cc1ncc(C(=O)NCCN2CCCc3ccccc32)s1. The molecule has 2 heterocycles. The largest absolute Gasteiger partial charge is 0.370 e. The van der Waals surface area contributed by atoms with Crippen LogP contribution in [0.1, 0.15) is 26.7 Å². The number of hydrogen-bond acceptors (Lipinski definition) is 4. The Labute approximate surface area is 128 Å². The lowest BCUT2D eigenvalue weighted by Crippen LogP contribution is -2.37. The number of para-hydroxylation sites is 1.